The van der Waals surface area contributed by atoms with Crippen LogP contribution >= 0.6 is 0 Å². The molecule has 1 saturated heterocycles. The van der Waals surface area contributed by atoms with Gasteiger partial charge in [0.25, 0.3) is 11.7 Å². The van der Waals surface area contributed by atoms with E-state index < -0.39 is 17.7 Å². The van der Waals surface area contributed by atoms with Crippen LogP contribution in [0.15, 0.2) is 54.2 Å². The number of hydrogen-bond acceptors (Lipinski definition) is 5. The van der Waals surface area contributed by atoms with Gasteiger partial charge in [0.1, 0.15) is 17.6 Å². The lowest BCUT2D eigenvalue weighted by molar-refractivity contribution is -0.857. The second kappa shape index (κ2) is 9.09. The molecule has 1 aromatic heterocycles. The Morgan fingerprint density at radius 3 is 2.43 bits per heavy atom. The van der Waals surface area contributed by atoms with Crippen molar-refractivity contribution >= 4 is 17.4 Å². The monoisotopic (exact) mass is 410 g/mol. The van der Waals surface area contributed by atoms with Gasteiger partial charge in [0.15, 0.2) is 0 Å². The third-order valence-corrected chi connectivity index (χ3v) is 4.86. The first-order chi connectivity index (χ1) is 14.3. The van der Waals surface area contributed by atoms with Crippen molar-refractivity contribution in [3.8, 4) is 5.75 Å². The van der Waals surface area contributed by atoms with Crippen LogP contribution in [0.1, 0.15) is 31.1 Å². The Morgan fingerprint density at radius 2 is 1.87 bits per heavy atom. The van der Waals surface area contributed by atoms with E-state index in [0.29, 0.717) is 30.1 Å². The topological polar surface area (TPSA) is 84.2 Å². The number of ketones is 1. The molecule has 1 aromatic carbocycles. The zero-order chi connectivity index (χ0) is 21.8. The summed E-state index contributed by atoms with van der Waals surface area (Å²) in [6.07, 6.45) is 1.64. The number of pyridine rings is 1. The van der Waals surface area contributed by atoms with E-state index in [1.807, 2.05) is 27.9 Å². The van der Waals surface area contributed by atoms with Gasteiger partial charge in [-0.15, -0.1) is 0 Å². The van der Waals surface area contributed by atoms with Gasteiger partial charge in [-0.1, -0.05) is 6.07 Å². The Hall–Kier alpha value is -3.19. The number of carbonyl (C=O) groups is 2. The third kappa shape index (κ3) is 4.52. The van der Waals surface area contributed by atoms with E-state index >= 15 is 0 Å². The van der Waals surface area contributed by atoms with Gasteiger partial charge in [0, 0.05) is 11.8 Å². The molecule has 1 aliphatic rings. The standard InChI is InChI=1S/C23H27N3O4/c1-15(2)30-17-10-8-16(9-11-17)21(27)19-20(18-7-5-6-12-24-18)26(14-13-25(3)4)23(29)22(19)28/h5-12,15,20,27H,13-14H2,1-4H3/p+1/t20-/m1/s1. The first kappa shape index (κ1) is 21.5. The summed E-state index contributed by atoms with van der Waals surface area (Å²) in [7, 11) is 3.96. The Balaban J connectivity index is 2.05. The molecule has 2 aromatic rings. The quantitative estimate of drug-likeness (QED) is 0.410. The number of likely N-dealkylation sites (tertiary alicyclic amines) is 1. The number of Topliss-reactive ketones (excluding diaryl/α,β-unsaturated/α-hetero) is 1. The molecule has 2 heterocycles. The number of amides is 1. The van der Waals surface area contributed by atoms with Gasteiger partial charge in [-0.05, 0) is 50.2 Å². The molecular weight excluding hydrogens is 382 g/mol. The number of aliphatic hydroxyl groups excluding tert-OH is 1. The first-order valence-electron chi connectivity index (χ1n) is 10.0. The first-order valence-corrected chi connectivity index (χ1v) is 10.0. The number of hydrogen-bond donors (Lipinski definition) is 2. The van der Waals surface area contributed by atoms with E-state index in [1.165, 1.54) is 4.90 Å². The molecule has 0 saturated carbocycles. The number of benzene rings is 1. The van der Waals surface area contributed by atoms with Gasteiger partial charge in [0.2, 0.25) is 0 Å². The normalized spacial score (nSPS) is 18.5. The molecule has 158 valence electrons. The number of aromatic nitrogens is 1. The number of nitrogens with zero attached hydrogens (tertiary/aromatic N) is 2. The van der Waals surface area contributed by atoms with Gasteiger partial charge in [-0.3, -0.25) is 14.6 Å². The van der Waals surface area contributed by atoms with Crippen LogP contribution in [0, 0.1) is 0 Å². The molecule has 1 amide bonds. The third-order valence-electron chi connectivity index (χ3n) is 4.86. The average molecular weight is 410 g/mol. The van der Waals surface area contributed by atoms with Gasteiger partial charge in [0.05, 0.1) is 44.6 Å². The molecule has 1 atom stereocenters. The van der Waals surface area contributed by atoms with Gasteiger partial charge in [-0.2, -0.15) is 0 Å². The van der Waals surface area contributed by atoms with Crippen LogP contribution in [-0.4, -0.2) is 60.0 Å². The molecule has 0 aliphatic carbocycles. The molecule has 7 heteroatoms. The fourth-order valence-corrected chi connectivity index (χ4v) is 3.42. The summed E-state index contributed by atoms with van der Waals surface area (Å²) >= 11 is 0. The number of aliphatic hydroxyl groups is 1. The molecule has 2 N–H and O–H groups in total. The molecule has 0 bridgehead atoms. The fourth-order valence-electron chi connectivity index (χ4n) is 3.42. The second-order valence-corrected chi connectivity index (χ2v) is 7.90. The highest BCUT2D eigenvalue weighted by molar-refractivity contribution is 6.46. The summed E-state index contributed by atoms with van der Waals surface area (Å²) in [6, 6.07) is 11.4. The fraction of sp³-hybridized carbons (Fsp3) is 0.348. The van der Waals surface area contributed by atoms with Crippen LogP contribution < -0.4 is 9.64 Å². The van der Waals surface area contributed by atoms with E-state index in [1.54, 1.807) is 48.7 Å². The van der Waals surface area contributed by atoms with Crippen LogP contribution in [0.4, 0.5) is 0 Å². The zero-order valence-corrected chi connectivity index (χ0v) is 17.8. The lowest BCUT2D eigenvalue weighted by Crippen LogP contribution is -3.06. The van der Waals surface area contributed by atoms with Gasteiger partial charge < -0.3 is 19.6 Å². The highest BCUT2D eigenvalue weighted by Gasteiger charge is 2.46. The maximum Gasteiger partial charge on any atom is 0.295 e. The molecule has 7 nitrogen and oxygen atoms in total. The highest BCUT2D eigenvalue weighted by atomic mass is 16.5. The lowest BCUT2D eigenvalue weighted by Gasteiger charge is -2.24. The number of rotatable bonds is 7. The van der Waals surface area contributed by atoms with Crippen LogP contribution in [0.2, 0.25) is 0 Å². The van der Waals surface area contributed by atoms with Gasteiger partial charge in [-0.25, -0.2) is 0 Å². The summed E-state index contributed by atoms with van der Waals surface area (Å²) in [6.45, 7) is 4.90. The Labute approximate surface area is 176 Å². The van der Waals surface area contributed by atoms with Crippen molar-refractivity contribution in [2.75, 3.05) is 27.2 Å². The molecular formula is C23H28N3O4+. The van der Waals surface area contributed by atoms with Gasteiger partial charge >= 0.3 is 0 Å². The highest BCUT2D eigenvalue weighted by Crippen LogP contribution is 2.38. The van der Waals surface area contributed by atoms with Crippen LogP contribution in [0.3, 0.4) is 0 Å². The van der Waals surface area contributed by atoms with E-state index in [-0.39, 0.29) is 17.4 Å². The maximum absolute atomic E-state index is 12.9. The minimum Gasteiger partial charge on any atom is -0.507 e. The summed E-state index contributed by atoms with van der Waals surface area (Å²) < 4.78 is 5.64. The van der Waals surface area contributed by atoms with E-state index in [9.17, 15) is 14.7 Å². The smallest absolute Gasteiger partial charge is 0.295 e. The number of quaternary nitrogens is 1. The van der Waals surface area contributed by atoms with E-state index in [0.717, 1.165) is 4.90 Å². The maximum atomic E-state index is 12.9. The molecule has 30 heavy (non-hydrogen) atoms. The predicted octanol–water partition coefficient (Wildman–Crippen LogP) is 1.44. The molecule has 0 spiro atoms. The number of likely N-dealkylation sites (N-methyl/N-ethyl adjacent to an activating group) is 1. The summed E-state index contributed by atoms with van der Waals surface area (Å²) in [5, 5.41) is 11.0. The Kier molecular flexibility index (Phi) is 6.52. The van der Waals surface area contributed by atoms with E-state index in [2.05, 4.69) is 4.98 Å². The molecule has 0 radical (unpaired) electrons. The average Bonchev–Trinajstić information content (AvgIpc) is 2.97. The van der Waals surface area contributed by atoms with Crippen molar-refractivity contribution in [2.45, 2.75) is 26.0 Å². The van der Waals surface area contributed by atoms with Crippen molar-refractivity contribution < 1.29 is 24.3 Å². The summed E-state index contributed by atoms with van der Waals surface area (Å²) in [5.41, 5.74) is 1.06. The number of nitrogens with one attached hydrogen (secondary N) is 1. The zero-order valence-electron chi connectivity index (χ0n) is 17.8. The predicted molar refractivity (Wildman–Crippen MR) is 113 cm³/mol. The molecule has 0 unspecified atom stereocenters. The largest absolute Gasteiger partial charge is 0.507 e. The minimum absolute atomic E-state index is 0.0257. The SMILES string of the molecule is CC(C)Oc1ccc(C(O)=C2C(=O)C(=O)N(CC[NH+](C)C)[C@@H]2c2ccccn2)cc1. The lowest BCUT2D eigenvalue weighted by atomic mass is 9.98. The van der Waals surface area contributed by atoms with Crippen molar-refractivity contribution in [3.05, 3.63) is 65.5 Å². The Bertz CT molecular complexity index is 937. The van der Waals surface area contributed by atoms with Crippen LogP contribution in [0.25, 0.3) is 5.76 Å². The minimum atomic E-state index is -0.725. The van der Waals surface area contributed by atoms with Crippen molar-refractivity contribution in [1.82, 2.24) is 9.88 Å². The van der Waals surface area contributed by atoms with Crippen molar-refractivity contribution in [1.29, 1.82) is 0 Å². The molecule has 3 rings (SSSR count). The number of carbonyl (C=O) groups excluding carboxylic acids is 2. The molecule has 1 fully saturated rings. The van der Waals surface area contributed by atoms with Crippen LogP contribution in [-0.2, 0) is 9.59 Å². The van der Waals surface area contributed by atoms with Crippen molar-refractivity contribution in [3.63, 3.8) is 0 Å². The van der Waals surface area contributed by atoms with Crippen LogP contribution in [0.5, 0.6) is 5.75 Å². The van der Waals surface area contributed by atoms with E-state index in [4.69, 9.17) is 4.74 Å². The second-order valence-electron chi connectivity index (χ2n) is 7.90. The molecule has 1 aliphatic heterocycles. The Morgan fingerprint density at radius 1 is 1.17 bits per heavy atom. The summed E-state index contributed by atoms with van der Waals surface area (Å²) in [5.74, 6) is -0.857. The summed E-state index contributed by atoms with van der Waals surface area (Å²) in [4.78, 5) is 32.7. The number of ether oxygens (including phenoxy) is 1. The van der Waals surface area contributed by atoms with Crippen molar-refractivity contribution in [2.24, 2.45) is 0 Å².